The van der Waals surface area contributed by atoms with Crippen molar-refractivity contribution in [3.8, 4) is 0 Å². The van der Waals surface area contributed by atoms with E-state index in [4.69, 9.17) is 11.6 Å². The first-order chi connectivity index (χ1) is 14.7. The molecule has 0 spiro atoms. The maximum Gasteiger partial charge on any atom is 0.264 e. The summed E-state index contributed by atoms with van der Waals surface area (Å²) in [5.74, 6) is -0.153. The standard InChI is InChI=1S/C24H25ClN2O3S/c1-17(2)19-12-14-20(15-13-19)27(31(29,30)21-8-5-4-6-9-21)16-24(28)26-23-11-7-10-22(25)18(23)3/h4-15,17H,16H2,1-3H3,(H,26,28). The van der Waals surface area contributed by atoms with Crippen LogP contribution in [0.5, 0.6) is 0 Å². The molecule has 0 atom stereocenters. The molecule has 0 fully saturated rings. The number of sulfonamides is 1. The van der Waals surface area contributed by atoms with Crippen molar-refractivity contribution in [2.24, 2.45) is 0 Å². The third kappa shape index (κ3) is 5.27. The molecule has 0 unspecified atom stereocenters. The van der Waals surface area contributed by atoms with Gasteiger partial charge in [0.15, 0.2) is 0 Å². The van der Waals surface area contributed by atoms with Gasteiger partial charge in [-0.3, -0.25) is 9.10 Å². The van der Waals surface area contributed by atoms with Crippen molar-refractivity contribution in [3.63, 3.8) is 0 Å². The smallest absolute Gasteiger partial charge is 0.264 e. The highest BCUT2D eigenvalue weighted by Gasteiger charge is 2.27. The minimum absolute atomic E-state index is 0.120. The van der Waals surface area contributed by atoms with Gasteiger partial charge in [0.05, 0.1) is 10.6 Å². The maximum atomic E-state index is 13.4. The van der Waals surface area contributed by atoms with Crippen molar-refractivity contribution in [2.75, 3.05) is 16.2 Å². The predicted molar refractivity (Wildman–Crippen MR) is 126 cm³/mol. The molecule has 31 heavy (non-hydrogen) atoms. The van der Waals surface area contributed by atoms with Crippen LogP contribution < -0.4 is 9.62 Å². The maximum absolute atomic E-state index is 13.4. The lowest BCUT2D eigenvalue weighted by Crippen LogP contribution is -2.38. The van der Waals surface area contributed by atoms with Gasteiger partial charge in [-0.05, 0) is 60.4 Å². The lowest BCUT2D eigenvalue weighted by Gasteiger charge is -2.25. The van der Waals surface area contributed by atoms with Gasteiger partial charge in [-0.15, -0.1) is 0 Å². The Kier molecular flexibility index (Phi) is 7.03. The Morgan fingerprint density at radius 3 is 2.23 bits per heavy atom. The van der Waals surface area contributed by atoms with Crippen LogP contribution in [0, 0.1) is 6.92 Å². The van der Waals surface area contributed by atoms with E-state index in [0.717, 1.165) is 15.4 Å². The number of carbonyl (C=O) groups is 1. The molecule has 1 N–H and O–H groups in total. The van der Waals surface area contributed by atoms with Crippen LogP contribution in [0.2, 0.25) is 5.02 Å². The summed E-state index contributed by atoms with van der Waals surface area (Å²) in [6, 6.07) is 20.5. The van der Waals surface area contributed by atoms with Crippen molar-refractivity contribution in [1.29, 1.82) is 0 Å². The number of rotatable bonds is 7. The van der Waals surface area contributed by atoms with E-state index in [1.54, 1.807) is 55.5 Å². The normalized spacial score (nSPS) is 11.4. The van der Waals surface area contributed by atoms with Gasteiger partial charge in [0, 0.05) is 10.7 Å². The van der Waals surface area contributed by atoms with Gasteiger partial charge < -0.3 is 5.32 Å². The summed E-state index contributed by atoms with van der Waals surface area (Å²) in [5.41, 5.74) is 2.77. The first-order valence-electron chi connectivity index (χ1n) is 9.93. The zero-order chi connectivity index (χ0) is 22.6. The van der Waals surface area contributed by atoms with E-state index >= 15 is 0 Å². The molecule has 0 heterocycles. The van der Waals surface area contributed by atoms with E-state index in [1.807, 2.05) is 12.1 Å². The van der Waals surface area contributed by atoms with Crippen molar-refractivity contribution < 1.29 is 13.2 Å². The number of amides is 1. The van der Waals surface area contributed by atoms with E-state index in [9.17, 15) is 13.2 Å². The van der Waals surface area contributed by atoms with Gasteiger partial charge in [-0.25, -0.2) is 8.42 Å². The fourth-order valence-electron chi connectivity index (χ4n) is 3.12. The summed E-state index contributed by atoms with van der Waals surface area (Å²) in [6.07, 6.45) is 0. The molecule has 3 aromatic rings. The van der Waals surface area contributed by atoms with Gasteiger partial charge in [0.25, 0.3) is 10.0 Å². The molecule has 1 amide bonds. The highest BCUT2D eigenvalue weighted by molar-refractivity contribution is 7.92. The van der Waals surface area contributed by atoms with Crippen LogP contribution >= 0.6 is 11.6 Å². The predicted octanol–water partition coefficient (Wildman–Crippen LogP) is 5.61. The van der Waals surface area contributed by atoms with Gasteiger partial charge in [0.2, 0.25) is 5.91 Å². The van der Waals surface area contributed by atoms with Gasteiger partial charge in [-0.2, -0.15) is 0 Å². The molecule has 0 bridgehead atoms. The molecule has 0 aliphatic rings. The largest absolute Gasteiger partial charge is 0.324 e. The molecule has 7 heteroatoms. The molecule has 162 valence electrons. The Labute approximate surface area is 188 Å². The number of hydrogen-bond acceptors (Lipinski definition) is 3. The molecular formula is C24H25ClN2O3S. The van der Waals surface area contributed by atoms with Crippen LogP contribution in [0.3, 0.4) is 0 Å². The zero-order valence-electron chi connectivity index (χ0n) is 17.7. The van der Waals surface area contributed by atoms with Crippen LogP contribution in [-0.4, -0.2) is 20.9 Å². The lowest BCUT2D eigenvalue weighted by molar-refractivity contribution is -0.114. The van der Waals surface area contributed by atoms with Gasteiger partial charge >= 0.3 is 0 Å². The van der Waals surface area contributed by atoms with E-state index < -0.39 is 15.9 Å². The first-order valence-corrected chi connectivity index (χ1v) is 11.7. The number of nitrogens with zero attached hydrogens (tertiary/aromatic N) is 1. The second-order valence-corrected chi connectivity index (χ2v) is 9.80. The second kappa shape index (κ2) is 9.54. The number of hydrogen-bond donors (Lipinski definition) is 1. The van der Waals surface area contributed by atoms with Crippen molar-refractivity contribution >= 4 is 38.9 Å². The third-order valence-corrected chi connectivity index (χ3v) is 7.21. The van der Waals surface area contributed by atoms with Crippen molar-refractivity contribution in [2.45, 2.75) is 31.6 Å². The molecule has 3 rings (SSSR count). The van der Waals surface area contributed by atoms with Crippen LogP contribution in [0.25, 0.3) is 0 Å². The van der Waals surface area contributed by atoms with Crippen LogP contribution in [0.4, 0.5) is 11.4 Å². The van der Waals surface area contributed by atoms with Crippen LogP contribution in [0.15, 0.2) is 77.7 Å². The fourth-order valence-corrected chi connectivity index (χ4v) is 4.74. The average molecular weight is 457 g/mol. The minimum atomic E-state index is -3.95. The summed E-state index contributed by atoms with van der Waals surface area (Å²) >= 11 is 6.13. The Bertz CT molecular complexity index is 1160. The van der Waals surface area contributed by atoms with Crippen molar-refractivity contribution in [3.05, 3.63) is 88.9 Å². The number of benzene rings is 3. The SMILES string of the molecule is Cc1c(Cl)cccc1NC(=O)CN(c1ccc(C(C)C)cc1)S(=O)(=O)c1ccccc1. The first kappa shape index (κ1) is 22.8. The molecule has 0 saturated heterocycles. The van der Waals surface area contributed by atoms with Crippen molar-refractivity contribution in [1.82, 2.24) is 0 Å². The highest BCUT2D eigenvalue weighted by Crippen LogP contribution is 2.27. The molecule has 5 nitrogen and oxygen atoms in total. The Hall–Kier alpha value is -2.83. The molecule has 3 aromatic carbocycles. The number of nitrogens with one attached hydrogen (secondary N) is 1. The quantitative estimate of drug-likeness (QED) is 0.502. The van der Waals surface area contributed by atoms with Gasteiger partial charge in [-0.1, -0.05) is 61.8 Å². The topological polar surface area (TPSA) is 66.5 Å². The number of anilines is 2. The Morgan fingerprint density at radius 1 is 0.968 bits per heavy atom. The number of halogens is 1. The van der Waals surface area contributed by atoms with E-state index in [-0.39, 0.29) is 11.4 Å². The molecule has 0 aliphatic heterocycles. The third-order valence-electron chi connectivity index (χ3n) is 5.01. The van der Waals surface area contributed by atoms with E-state index in [1.165, 1.54) is 12.1 Å². The molecular weight excluding hydrogens is 432 g/mol. The summed E-state index contributed by atoms with van der Waals surface area (Å²) in [6.45, 7) is 5.55. The molecule has 0 saturated carbocycles. The Morgan fingerprint density at radius 2 is 1.61 bits per heavy atom. The fraction of sp³-hybridized carbons (Fsp3) is 0.208. The number of carbonyl (C=O) groups excluding carboxylic acids is 1. The molecule has 0 aliphatic carbocycles. The monoisotopic (exact) mass is 456 g/mol. The summed E-state index contributed by atoms with van der Waals surface area (Å²) in [4.78, 5) is 13.0. The zero-order valence-corrected chi connectivity index (χ0v) is 19.2. The molecule has 0 aromatic heterocycles. The lowest BCUT2D eigenvalue weighted by atomic mass is 10.0. The Balaban J connectivity index is 1.95. The van der Waals surface area contributed by atoms with Crippen LogP contribution in [-0.2, 0) is 14.8 Å². The summed E-state index contributed by atoms with van der Waals surface area (Å²) in [7, 11) is -3.95. The average Bonchev–Trinajstić information content (AvgIpc) is 2.76. The second-order valence-electron chi connectivity index (χ2n) is 7.53. The summed E-state index contributed by atoms with van der Waals surface area (Å²) in [5, 5.41) is 3.30. The molecule has 0 radical (unpaired) electrons. The summed E-state index contributed by atoms with van der Waals surface area (Å²) < 4.78 is 27.9. The minimum Gasteiger partial charge on any atom is -0.324 e. The van der Waals surface area contributed by atoms with E-state index in [0.29, 0.717) is 22.3 Å². The van der Waals surface area contributed by atoms with Crippen LogP contribution in [0.1, 0.15) is 30.9 Å². The van der Waals surface area contributed by atoms with Gasteiger partial charge in [0.1, 0.15) is 6.54 Å². The van der Waals surface area contributed by atoms with E-state index in [2.05, 4.69) is 19.2 Å². The highest BCUT2D eigenvalue weighted by atomic mass is 35.5.